The van der Waals surface area contributed by atoms with Gasteiger partial charge in [0.15, 0.2) is 0 Å². The van der Waals surface area contributed by atoms with Crippen molar-refractivity contribution in [3.63, 3.8) is 0 Å². The van der Waals surface area contributed by atoms with E-state index in [0.29, 0.717) is 17.4 Å². The number of rotatable bonds is 6. The number of para-hydroxylation sites is 1. The number of piperidine rings is 1. The van der Waals surface area contributed by atoms with E-state index in [-0.39, 0.29) is 11.4 Å². The molecule has 0 atom stereocenters. The summed E-state index contributed by atoms with van der Waals surface area (Å²) in [6.07, 6.45) is 1.88. The number of hydrogen-bond donors (Lipinski definition) is 0. The van der Waals surface area contributed by atoms with Gasteiger partial charge >= 0.3 is 0 Å². The summed E-state index contributed by atoms with van der Waals surface area (Å²) in [5.74, 6) is 1.20. The first-order valence-electron chi connectivity index (χ1n) is 8.58. The van der Waals surface area contributed by atoms with E-state index in [1.807, 2.05) is 24.3 Å². The molecule has 1 heterocycles. The molecule has 1 aliphatic heterocycles. The summed E-state index contributed by atoms with van der Waals surface area (Å²) in [6, 6.07) is 13.7. The maximum atomic E-state index is 12.9. The van der Waals surface area contributed by atoms with Gasteiger partial charge in [-0.2, -0.15) is 0 Å². The van der Waals surface area contributed by atoms with Crippen molar-refractivity contribution in [2.45, 2.75) is 25.4 Å². The minimum absolute atomic E-state index is 0.195. The Morgan fingerprint density at radius 1 is 1.08 bits per heavy atom. The monoisotopic (exact) mass is 363 g/mol. The Labute approximate surface area is 153 Å². The van der Waals surface area contributed by atoms with Gasteiger partial charge in [-0.05, 0) is 56.2 Å². The molecule has 0 aromatic heterocycles. The van der Waals surface area contributed by atoms with Crippen molar-refractivity contribution < 1.29 is 13.9 Å². The third-order valence-corrected chi connectivity index (χ3v) is 4.91. The molecular weight excluding hydrogens is 341 g/mol. The number of nitrogens with zero attached hydrogens (tertiary/aromatic N) is 1. The second kappa shape index (κ2) is 8.07. The quantitative estimate of drug-likeness (QED) is 0.736. The number of likely N-dealkylation sites (tertiary alicyclic amines) is 1. The van der Waals surface area contributed by atoms with Gasteiger partial charge in [0, 0.05) is 19.6 Å². The predicted molar refractivity (Wildman–Crippen MR) is 98.1 cm³/mol. The van der Waals surface area contributed by atoms with Crippen LogP contribution in [0.4, 0.5) is 4.39 Å². The van der Waals surface area contributed by atoms with Gasteiger partial charge in [-0.25, -0.2) is 4.39 Å². The number of hydrogen-bond acceptors (Lipinski definition) is 3. The molecule has 0 unspecified atom stereocenters. The van der Waals surface area contributed by atoms with E-state index >= 15 is 0 Å². The zero-order chi connectivity index (χ0) is 17.7. The van der Waals surface area contributed by atoms with Crippen LogP contribution in [0.1, 0.15) is 19.8 Å². The Hall–Kier alpha value is -1.78. The largest absolute Gasteiger partial charge is 0.492 e. The molecule has 1 aliphatic rings. The van der Waals surface area contributed by atoms with Gasteiger partial charge in [-0.3, -0.25) is 4.90 Å². The number of halogens is 2. The summed E-state index contributed by atoms with van der Waals surface area (Å²) < 4.78 is 24.7. The molecule has 5 heteroatoms. The standard InChI is InChI=1S/C20H23ClFNO2/c1-20(25-19-5-3-2-4-18(19)21)10-12-23(13-11-20)14-15-24-17-8-6-16(22)7-9-17/h2-9H,10-15H2,1H3. The number of benzene rings is 2. The van der Waals surface area contributed by atoms with Gasteiger partial charge in [-0.15, -0.1) is 0 Å². The maximum absolute atomic E-state index is 12.9. The van der Waals surface area contributed by atoms with Gasteiger partial charge in [0.05, 0.1) is 5.02 Å². The summed E-state index contributed by atoms with van der Waals surface area (Å²) in [4.78, 5) is 2.36. The van der Waals surface area contributed by atoms with E-state index in [2.05, 4.69) is 11.8 Å². The van der Waals surface area contributed by atoms with Crippen molar-refractivity contribution in [3.8, 4) is 11.5 Å². The molecule has 2 aromatic rings. The van der Waals surface area contributed by atoms with Gasteiger partial charge < -0.3 is 9.47 Å². The molecule has 0 aliphatic carbocycles. The second-order valence-electron chi connectivity index (χ2n) is 6.63. The minimum Gasteiger partial charge on any atom is -0.492 e. The van der Waals surface area contributed by atoms with Crippen molar-refractivity contribution in [2.24, 2.45) is 0 Å². The fourth-order valence-corrected chi connectivity index (χ4v) is 3.14. The lowest BCUT2D eigenvalue weighted by atomic mass is 9.93. The molecule has 3 nitrogen and oxygen atoms in total. The highest BCUT2D eigenvalue weighted by Crippen LogP contribution is 2.32. The minimum atomic E-state index is -0.249. The first kappa shape index (κ1) is 18.0. The highest BCUT2D eigenvalue weighted by Gasteiger charge is 2.32. The number of ether oxygens (including phenoxy) is 2. The van der Waals surface area contributed by atoms with E-state index in [0.717, 1.165) is 38.2 Å². The highest BCUT2D eigenvalue weighted by molar-refractivity contribution is 6.32. The van der Waals surface area contributed by atoms with Crippen LogP contribution in [0.25, 0.3) is 0 Å². The van der Waals surface area contributed by atoms with Crippen LogP contribution in [0.15, 0.2) is 48.5 Å². The molecule has 25 heavy (non-hydrogen) atoms. The fraction of sp³-hybridized carbons (Fsp3) is 0.400. The van der Waals surface area contributed by atoms with Crippen LogP contribution >= 0.6 is 11.6 Å². The first-order chi connectivity index (χ1) is 12.0. The average Bonchev–Trinajstić information content (AvgIpc) is 2.61. The molecular formula is C20H23ClFNO2. The SMILES string of the molecule is CC1(Oc2ccccc2Cl)CCN(CCOc2ccc(F)cc2)CC1. The Morgan fingerprint density at radius 3 is 2.44 bits per heavy atom. The maximum Gasteiger partial charge on any atom is 0.138 e. The molecule has 0 saturated carbocycles. The van der Waals surface area contributed by atoms with Crippen LogP contribution in [0.5, 0.6) is 11.5 Å². The Morgan fingerprint density at radius 2 is 1.76 bits per heavy atom. The first-order valence-corrected chi connectivity index (χ1v) is 8.96. The van der Waals surface area contributed by atoms with Crippen molar-refractivity contribution in [2.75, 3.05) is 26.2 Å². The van der Waals surface area contributed by atoms with Crippen molar-refractivity contribution in [1.82, 2.24) is 4.90 Å². The molecule has 0 radical (unpaired) electrons. The fourth-order valence-electron chi connectivity index (χ4n) is 2.97. The van der Waals surface area contributed by atoms with E-state index < -0.39 is 0 Å². The summed E-state index contributed by atoms with van der Waals surface area (Å²) in [6.45, 7) is 5.48. The van der Waals surface area contributed by atoms with Crippen LogP contribution in [-0.2, 0) is 0 Å². The van der Waals surface area contributed by atoms with Gasteiger partial charge in [0.1, 0.15) is 29.5 Å². The van der Waals surface area contributed by atoms with E-state index in [4.69, 9.17) is 21.1 Å². The van der Waals surface area contributed by atoms with Crippen LogP contribution < -0.4 is 9.47 Å². The summed E-state index contributed by atoms with van der Waals surface area (Å²) in [5, 5.41) is 0.652. The van der Waals surface area contributed by atoms with Crippen LogP contribution in [0.2, 0.25) is 5.02 Å². The second-order valence-corrected chi connectivity index (χ2v) is 7.03. The molecule has 0 N–H and O–H groups in total. The third kappa shape index (κ3) is 5.10. The van der Waals surface area contributed by atoms with E-state index in [9.17, 15) is 4.39 Å². The summed E-state index contributed by atoms with van der Waals surface area (Å²) >= 11 is 6.20. The van der Waals surface area contributed by atoms with E-state index in [1.165, 1.54) is 12.1 Å². The molecule has 1 fully saturated rings. The van der Waals surface area contributed by atoms with Crippen LogP contribution in [0, 0.1) is 5.82 Å². The van der Waals surface area contributed by atoms with Crippen LogP contribution in [0.3, 0.4) is 0 Å². The molecule has 2 aromatic carbocycles. The lowest BCUT2D eigenvalue weighted by Gasteiger charge is -2.39. The summed E-state index contributed by atoms with van der Waals surface area (Å²) in [7, 11) is 0. The van der Waals surface area contributed by atoms with Gasteiger partial charge in [0.25, 0.3) is 0 Å². The van der Waals surface area contributed by atoms with Gasteiger partial charge in [0.2, 0.25) is 0 Å². The molecule has 134 valence electrons. The zero-order valence-electron chi connectivity index (χ0n) is 14.4. The molecule has 0 amide bonds. The Balaban J connectivity index is 1.43. The van der Waals surface area contributed by atoms with E-state index in [1.54, 1.807) is 12.1 Å². The smallest absolute Gasteiger partial charge is 0.138 e. The molecule has 0 spiro atoms. The molecule has 0 bridgehead atoms. The van der Waals surface area contributed by atoms with Crippen molar-refractivity contribution >= 4 is 11.6 Å². The lowest BCUT2D eigenvalue weighted by molar-refractivity contribution is 0.0136. The van der Waals surface area contributed by atoms with Gasteiger partial charge in [-0.1, -0.05) is 23.7 Å². The average molecular weight is 364 g/mol. The lowest BCUT2D eigenvalue weighted by Crippen LogP contribution is -2.47. The highest BCUT2D eigenvalue weighted by atomic mass is 35.5. The Kier molecular flexibility index (Phi) is 5.82. The molecule has 1 saturated heterocycles. The van der Waals surface area contributed by atoms with Crippen molar-refractivity contribution in [3.05, 3.63) is 59.4 Å². The zero-order valence-corrected chi connectivity index (χ0v) is 15.1. The normalized spacial score (nSPS) is 17.2. The Bertz CT molecular complexity index is 684. The van der Waals surface area contributed by atoms with Crippen LogP contribution in [-0.4, -0.2) is 36.7 Å². The third-order valence-electron chi connectivity index (χ3n) is 4.60. The van der Waals surface area contributed by atoms with Crippen molar-refractivity contribution in [1.29, 1.82) is 0 Å². The molecule has 3 rings (SSSR count). The topological polar surface area (TPSA) is 21.7 Å². The predicted octanol–water partition coefficient (Wildman–Crippen LogP) is 4.79. The summed E-state index contributed by atoms with van der Waals surface area (Å²) in [5.41, 5.74) is -0.195.